The average Bonchev–Trinajstić information content (AvgIpc) is 3.57. The van der Waals surface area contributed by atoms with Crippen molar-refractivity contribution in [3.63, 3.8) is 0 Å². The summed E-state index contributed by atoms with van der Waals surface area (Å²) in [5.74, 6) is -0.0697. The molecule has 0 saturated carbocycles. The molecule has 2 aliphatic heterocycles. The number of hydrazone groups is 1. The summed E-state index contributed by atoms with van der Waals surface area (Å²) < 4.78 is 16.2. The summed E-state index contributed by atoms with van der Waals surface area (Å²) in [6.07, 6.45) is 3.05. The Morgan fingerprint density at radius 1 is 1.11 bits per heavy atom. The first-order valence-electron chi connectivity index (χ1n) is 11.7. The van der Waals surface area contributed by atoms with Crippen LogP contribution in [0.1, 0.15) is 41.3 Å². The Bertz CT molecular complexity index is 1310. The van der Waals surface area contributed by atoms with E-state index in [1.165, 1.54) is 5.01 Å². The fourth-order valence-electron chi connectivity index (χ4n) is 4.21. The van der Waals surface area contributed by atoms with Gasteiger partial charge < -0.3 is 19.2 Å². The van der Waals surface area contributed by atoms with Crippen molar-refractivity contribution in [3.05, 3.63) is 83.3 Å². The standard InChI is InChI=1S/C27H25N3O6/c1-17-4-6-18(7-5-17)22-14-23(24-3-2-12-34-24)30(29-22)26(32)15-36-27(33)16-35-20-9-10-21-19(13-20)8-11-25(31)28-21/h2-7,9-10,12-13,23H,8,11,14-16H2,1H3,(H,28,31). The number of esters is 1. The number of carbonyl (C=O) groups is 3. The Hall–Kier alpha value is -4.40. The number of amides is 2. The molecule has 5 rings (SSSR count). The van der Waals surface area contributed by atoms with Crippen molar-refractivity contribution in [2.45, 2.75) is 32.2 Å². The van der Waals surface area contributed by atoms with Crippen molar-refractivity contribution in [1.82, 2.24) is 5.01 Å². The van der Waals surface area contributed by atoms with Crippen LogP contribution in [0.3, 0.4) is 0 Å². The number of carbonyl (C=O) groups excluding carboxylic acids is 3. The molecule has 9 heteroatoms. The number of nitrogens with one attached hydrogen (secondary N) is 1. The number of hydrogen-bond donors (Lipinski definition) is 1. The van der Waals surface area contributed by atoms with Gasteiger partial charge in [0.05, 0.1) is 12.0 Å². The molecule has 0 radical (unpaired) electrons. The van der Waals surface area contributed by atoms with E-state index in [0.717, 1.165) is 28.1 Å². The number of furan rings is 1. The Morgan fingerprint density at radius 3 is 2.72 bits per heavy atom. The molecule has 0 aliphatic carbocycles. The zero-order chi connectivity index (χ0) is 25.1. The largest absolute Gasteiger partial charge is 0.482 e. The van der Waals surface area contributed by atoms with Gasteiger partial charge in [-0.05, 0) is 54.8 Å². The lowest BCUT2D eigenvalue weighted by Gasteiger charge is -2.19. The monoisotopic (exact) mass is 487 g/mol. The summed E-state index contributed by atoms with van der Waals surface area (Å²) >= 11 is 0. The molecule has 184 valence electrons. The molecular weight excluding hydrogens is 462 g/mol. The summed E-state index contributed by atoms with van der Waals surface area (Å²) in [4.78, 5) is 36.7. The summed E-state index contributed by atoms with van der Waals surface area (Å²) in [5.41, 5.74) is 4.49. The highest BCUT2D eigenvalue weighted by atomic mass is 16.6. The number of anilines is 1. The predicted octanol–water partition coefficient (Wildman–Crippen LogP) is 3.77. The molecular formula is C27H25N3O6. The van der Waals surface area contributed by atoms with Gasteiger partial charge in [0.1, 0.15) is 17.6 Å². The van der Waals surface area contributed by atoms with Gasteiger partial charge in [-0.1, -0.05) is 29.8 Å². The van der Waals surface area contributed by atoms with Gasteiger partial charge in [-0.3, -0.25) is 9.59 Å². The number of fused-ring (bicyclic) bond motifs is 1. The van der Waals surface area contributed by atoms with Crippen LogP contribution in [0.15, 0.2) is 70.4 Å². The van der Waals surface area contributed by atoms with Gasteiger partial charge >= 0.3 is 5.97 Å². The minimum atomic E-state index is -0.675. The molecule has 0 spiro atoms. The zero-order valence-electron chi connectivity index (χ0n) is 19.7. The topological polar surface area (TPSA) is 110 Å². The molecule has 2 aliphatic rings. The minimum Gasteiger partial charge on any atom is -0.482 e. The molecule has 0 fully saturated rings. The Balaban J connectivity index is 1.19. The van der Waals surface area contributed by atoms with E-state index in [1.54, 1.807) is 36.6 Å². The third-order valence-corrected chi connectivity index (χ3v) is 6.11. The number of aryl methyl sites for hydroxylation is 2. The van der Waals surface area contributed by atoms with Crippen LogP contribution in [0.2, 0.25) is 0 Å². The van der Waals surface area contributed by atoms with Crippen molar-refractivity contribution < 1.29 is 28.3 Å². The van der Waals surface area contributed by atoms with E-state index < -0.39 is 24.5 Å². The molecule has 3 aromatic rings. The Morgan fingerprint density at radius 2 is 1.94 bits per heavy atom. The van der Waals surface area contributed by atoms with E-state index in [9.17, 15) is 14.4 Å². The van der Waals surface area contributed by atoms with E-state index in [4.69, 9.17) is 13.9 Å². The Kier molecular flexibility index (Phi) is 6.53. The summed E-state index contributed by atoms with van der Waals surface area (Å²) in [7, 11) is 0. The third kappa shape index (κ3) is 5.14. The highest BCUT2D eigenvalue weighted by molar-refractivity contribution is 6.03. The zero-order valence-corrected chi connectivity index (χ0v) is 19.7. The van der Waals surface area contributed by atoms with Gasteiger partial charge in [-0.25, -0.2) is 9.80 Å². The van der Waals surface area contributed by atoms with Gasteiger partial charge in [-0.2, -0.15) is 5.10 Å². The highest BCUT2D eigenvalue weighted by Gasteiger charge is 2.35. The molecule has 3 heterocycles. The normalized spacial score (nSPS) is 16.7. The second-order valence-electron chi connectivity index (χ2n) is 8.70. The molecule has 1 aromatic heterocycles. The van der Waals surface area contributed by atoms with Crippen LogP contribution >= 0.6 is 0 Å². The molecule has 0 saturated heterocycles. The molecule has 0 bridgehead atoms. The summed E-state index contributed by atoms with van der Waals surface area (Å²) in [6, 6.07) is 16.2. The number of hydrogen-bond acceptors (Lipinski definition) is 7. The maximum Gasteiger partial charge on any atom is 0.344 e. The molecule has 2 amide bonds. The second kappa shape index (κ2) is 10.1. The lowest BCUT2D eigenvalue weighted by Crippen LogP contribution is -2.32. The lowest BCUT2D eigenvalue weighted by molar-refractivity contribution is -0.154. The molecule has 1 unspecified atom stereocenters. The first-order valence-corrected chi connectivity index (χ1v) is 11.7. The minimum absolute atomic E-state index is 0.0213. The second-order valence-corrected chi connectivity index (χ2v) is 8.70. The van der Waals surface area contributed by atoms with Crippen molar-refractivity contribution in [2.75, 3.05) is 18.5 Å². The van der Waals surface area contributed by atoms with Crippen LogP contribution < -0.4 is 10.1 Å². The van der Waals surface area contributed by atoms with Crippen LogP contribution in [0.25, 0.3) is 0 Å². The molecule has 36 heavy (non-hydrogen) atoms. The molecule has 9 nitrogen and oxygen atoms in total. The third-order valence-electron chi connectivity index (χ3n) is 6.11. The van der Waals surface area contributed by atoms with Gasteiger partial charge in [-0.15, -0.1) is 0 Å². The van der Waals surface area contributed by atoms with E-state index in [-0.39, 0.29) is 12.5 Å². The van der Waals surface area contributed by atoms with Crippen LogP contribution in [-0.4, -0.2) is 41.7 Å². The Labute approximate surface area is 207 Å². The van der Waals surface area contributed by atoms with Crippen molar-refractivity contribution >= 4 is 29.2 Å². The van der Waals surface area contributed by atoms with E-state index in [2.05, 4.69) is 10.4 Å². The quantitative estimate of drug-likeness (QED) is 0.508. The van der Waals surface area contributed by atoms with Crippen LogP contribution in [0, 0.1) is 6.92 Å². The van der Waals surface area contributed by atoms with Gasteiger partial charge in [0.15, 0.2) is 13.2 Å². The maximum atomic E-state index is 13.0. The summed E-state index contributed by atoms with van der Waals surface area (Å²) in [6.45, 7) is 1.18. The predicted molar refractivity (Wildman–Crippen MR) is 130 cm³/mol. The number of ether oxygens (including phenoxy) is 2. The highest BCUT2D eigenvalue weighted by Crippen LogP contribution is 2.33. The maximum absolute atomic E-state index is 13.0. The van der Waals surface area contributed by atoms with E-state index in [1.807, 2.05) is 31.2 Å². The number of rotatable bonds is 7. The van der Waals surface area contributed by atoms with Gasteiger partial charge in [0.25, 0.3) is 5.91 Å². The first-order chi connectivity index (χ1) is 17.5. The van der Waals surface area contributed by atoms with Crippen LogP contribution in [0.5, 0.6) is 5.75 Å². The number of benzene rings is 2. The van der Waals surface area contributed by atoms with Gasteiger partial charge in [0.2, 0.25) is 5.91 Å². The first kappa shape index (κ1) is 23.3. The van der Waals surface area contributed by atoms with Crippen molar-refractivity contribution in [3.8, 4) is 5.75 Å². The van der Waals surface area contributed by atoms with E-state index in [0.29, 0.717) is 30.8 Å². The fourth-order valence-corrected chi connectivity index (χ4v) is 4.21. The smallest absolute Gasteiger partial charge is 0.344 e. The van der Waals surface area contributed by atoms with Crippen LogP contribution in [-0.2, 0) is 25.5 Å². The van der Waals surface area contributed by atoms with Gasteiger partial charge in [0, 0.05) is 18.5 Å². The average molecular weight is 488 g/mol. The SMILES string of the molecule is Cc1ccc(C2=NN(C(=O)COC(=O)COc3ccc4c(c3)CCC(=O)N4)C(c3ccco3)C2)cc1. The molecule has 2 aromatic carbocycles. The molecule has 1 N–H and O–H groups in total. The number of nitrogens with zero attached hydrogens (tertiary/aromatic N) is 2. The van der Waals surface area contributed by atoms with E-state index >= 15 is 0 Å². The summed E-state index contributed by atoms with van der Waals surface area (Å²) in [5, 5.41) is 8.65. The van der Waals surface area contributed by atoms with Crippen molar-refractivity contribution in [2.24, 2.45) is 5.10 Å². The fraction of sp³-hybridized carbons (Fsp3) is 0.259. The molecule has 1 atom stereocenters. The van der Waals surface area contributed by atoms with Crippen LogP contribution in [0.4, 0.5) is 5.69 Å². The van der Waals surface area contributed by atoms with Crippen molar-refractivity contribution in [1.29, 1.82) is 0 Å². The lowest BCUT2D eigenvalue weighted by atomic mass is 10.0.